The summed E-state index contributed by atoms with van der Waals surface area (Å²) in [5.41, 5.74) is 0. The summed E-state index contributed by atoms with van der Waals surface area (Å²) in [6, 6.07) is 0. The van der Waals surface area contributed by atoms with Gasteiger partial charge in [0.05, 0.1) is 5.75 Å². The Kier molecular flexibility index (Phi) is 11.2. The summed E-state index contributed by atoms with van der Waals surface area (Å²) < 4.78 is 29.1. The Morgan fingerprint density at radius 2 is 1.52 bits per heavy atom. The summed E-state index contributed by atoms with van der Waals surface area (Å²) in [5, 5.41) is 0. The van der Waals surface area contributed by atoms with Crippen LogP contribution >= 0.6 is 0 Å². The van der Waals surface area contributed by atoms with Crippen molar-refractivity contribution < 1.29 is 16.8 Å². The van der Waals surface area contributed by atoms with E-state index in [4.69, 9.17) is 3.63 Å². The highest BCUT2D eigenvalue weighted by Crippen LogP contribution is 2.18. The molecule has 0 aromatic heterocycles. The standard InChI is InChI=1S/C17H33O4S2/c1-2-3-4-7-12-17(18)13-8-5-11-16-23(19,20)21-22-14-9-6-10-15-22/h2-16H2,1H3/q+1. The molecule has 0 aromatic rings. The second-order valence-electron chi connectivity index (χ2n) is 6.40. The third-order valence-corrected chi connectivity index (χ3v) is 7.98. The Morgan fingerprint density at radius 3 is 2.13 bits per heavy atom. The van der Waals surface area contributed by atoms with Gasteiger partial charge in [0.1, 0.15) is 17.3 Å². The fraction of sp³-hybridized carbons (Fsp3) is 0.941. The van der Waals surface area contributed by atoms with Gasteiger partial charge in [0.2, 0.25) is 0 Å². The van der Waals surface area contributed by atoms with E-state index in [-0.39, 0.29) is 16.9 Å². The van der Waals surface area contributed by atoms with Gasteiger partial charge < -0.3 is 0 Å². The number of ketones is 1. The van der Waals surface area contributed by atoms with Crippen molar-refractivity contribution in [2.45, 2.75) is 84.0 Å². The third kappa shape index (κ3) is 11.2. The second-order valence-corrected chi connectivity index (χ2v) is 10.2. The largest absolute Gasteiger partial charge is 0.311 e. The fourth-order valence-corrected chi connectivity index (χ4v) is 6.51. The van der Waals surface area contributed by atoms with Crippen molar-refractivity contribution >= 4 is 27.1 Å². The summed E-state index contributed by atoms with van der Waals surface area (Å²) in [7, 11) is -3.38. The first-order chi connectivity index (χ1) is 11.0. The van der Waals surface area contributed by atoms with E-state index in [0.717, 1.165) is 50.0 Å². The summed E-state index contributed by atoms with van der Waals surface area (Å²) in [4.78, 5) is 11.7. The van der Waals surface area contributed by atoms with Gasteiger partial charge in [0.25, 0.3) is 0 Å². The van der Waals surface area contributed by atoms with Gasteiger partial charge in [-0.1, -0.05) is 32.6 Å². The monoisotopic (exact) mass is 365 g/mol. The molecular weight excluding hydrogens is 332 g/mol. The van der Waals surface area contributed by atoms with E-state index in [1.165, 1.54) is 19.3 Å². The Balaban J connectivity index is 2.03. The van der Waals surface area contributed by atoms with Crippen LogP contribution in [0.1, 0.15) is 84.0 Å². The molecule has 23 heavy (non-hydrogen) atoms. The molecule has 0 amide bonds. The predicted octanol–water partition coefficient (Wildman–Crippen LogP) is 4.15. The molecule has 1 aliphatic heterocycles. The lowest BCUT2D eigenvalue weighted by atomic mass is 10.1. The van der Waals surface area contributed by atoms with Crippen LogP contribution in [0.25, 0.3) is 0 Å². The van der Waals surface area contributed by atoms with Crippen molar-refractivity contribution in [3.8, 4) is 0 Å². The topological polar surface area (TPSA) is 60.4 Å². The van der Waals surface area contributed by atoms with Crippen molar-refractivity contribution in [3.05, 3.63) is 0 Å². The van der Waals surface area contributed by atoms with E-state index in [0.29, 0.717) is 25.0 Å². The lowest BCUT2D eigenvalue weighted by Gasteiger charge is -2.11. The molecule has 136 valence electrons. The van der Waals surface area contributed by atoms with Crippen LogP contribution in [0, 0.1) is 0 Å². The first-order valence-electron chi connectivity index (χ1n) is 9.15. The first-order valence-corrected chi connectivity index (χ1v) is 12.2. The summed E-state index contributed by atoms with van der Waals surface area (Å²) in [6.45, 7) is 2.16. The number of unbranched alkanes of at least 4 members (excludes halogenated alkanes) is 5. The van der Waals surface area contributed by atoms with Crippen molar-refractivity contribution in [1.82, 2.24) is 0 Å². The maximum atomic E-state index is 11.9. The van der Waals surface area contributed by atoms with Crippen molar-refractivity contribution in [2.24, 2.45) is 0 Å². The smallest absolute Gasteiger partial charge is 0.300 e. The number of Topliss-reactive ketones (excluding diaryl/α,β-unsaturated/α-hetero) is 1. The maximum absolute atomic E-state index is 11.9. The van der Waals surface area contributed by atoms with E-state index >= 15 is 0 Å². The predicted molar refractivity (Wildman–Crippen MR) is 98.1 cm³/mol. The SMILES string of the molecule is CCCCCCC(=O)CCCCCS(=O)(=O)O[S+]1CCCCC1. The van der Waals surface area contributed by atoms with Gasteiger partial charge in [-0.15, -0.1) is 0 Å². The lowest BCUT2D eigenvalue weighted by molar-refractivity contribution is -0.119. The minimum Gasteiger partial charge on any atom is -0.300 e. The van der Waals surface area contributed by atoms with Gasteiger partial charge in [0, 0.05) is 12.8 Å². The Morgan fingerprint density at radius 1 is 0.913 bits per heavy atom. The number of hydrogen-bond acceptors (Lipinski definition) is 4. The van der Waals surface area contributed by atoms with Crippen LogP contribution in [0.5, 0.6) is 0 Å². The van der Waals surface area contributed by atoms with E-state index in [2.05, 4.69) is 6.92 Å². The summed E-state index contributed by atoms with van der Waals surface area (Å²) >= 11 is -0.376. The highest BCUT2D eigenvalue weighted by atomic mass is 32.3. The van der Waals surface area contributed by atoms with E-state index in [9.17, 15) is 13.2 Å². The molecule has 0 saturated carbocycles. The zero-order valence-electron chi connectivity index (χ0n) is 14.6. The number of carbonyl (C=O) groups is 1. The van der Waals surface area contributed by atoms with Gasteiger partial charge >= 0.3 is 10.1 Å². The molecule has 0 aromatic carbocycles. The molecule has 0 N–H and O–H groups in total. The average molecular weight is 366 g/mol. The molecule has 4 nitrogen and oxygen atoms in total. The van der Waals surface area contributed by atoms with Crippen LogP contribution in [-0.2, 0) is 29.7 Å². The van der Waals surface area contributed by atoms with Gasteiger partial charge in [-0.25, -0.2) is 0 Å². The molecular formula is C17H33O4S2+. The van der Waals surface area contributed by atoms with Gasteiger partial charge in [-0.2, -0.15) is 8.42 Å². The summed E-state index contributed by atoms with van der Waals surface area (Å²) in [6.07, 6.45) is 11.3. The summed E-state index contributed by atoms with van der Waals surface area (Å²) in [5.74, 6) is 2.21. The molecule has 1 rings (SSSR count). The molecule has 1 aliphatic rings. The third-order valence-electron chi connectivity index (χ3n) is 4.10. The highest BCUT2D eigenvalue weighted by molar-refractivity contribution is 8.02. The van der Waals surface area contributed by atoms with Gasteiger partial charge in [0.15, 0.2) is 11.2 Å². The van der Waals surface area contributed by atoms with Crippen molar-refractivity contribution in [3.63, 3.8) is 0 Å². The van der Waals surface area contributed by atoms with Gasteiger partial charge in [-0.3, -0.25) is 4.79 Å². The number of hydrogen-bond donors (Lipinski definition) is 0. The number of carbonyl (C=O) groups excluding carboxylic acids is 1. The van der Waals surface area contributed by atoms with Gasteiger partial charge in [-0.05, 0) is 42.2 Å². The average Bonchev–Trinajstić information content (AvgIpc) is 2.51. The van der Waals surface area contributed by atoms with Crippen LogP contribution < -0.4 is 0 Å². The second kappa shape index (κ2) is 12.3. The zero-order chi connectivity index (χ0) is 17.0. The molecule has 6 heteroatoms. The van der Waals surface area contributed by atoms with Crippen molar-refractivity contribution in [1.29, 1.82) is 0 Å². The first kappa shape index (κ1) is 21.0. The molecule has 0 radical (unpaired) electrons. The number of rotatable bonds is 13. The molecule has 1 saturated heterocycles. The minimum absolute atomic E-state index is 0.0984. The molecule has 0 atom stereocenters. The zero-order valence-corrected chi connectivity index (χ0v) is 16.2. The Labute approximate surface area is 145 Å². The van der Waals surface area contributed by atoms with E-state index in [1.54, 1.807) is 0 Å². The molecule has 0 bridgehead atoms. The van der Waals surface area contributed by atoms with Crippen LogP contribution in [0.2, 0.25) is 0 Å². The van der Waals surface area contributed by atoms with Crippen LogP contribution in [0.15, 0.2) is 0 Å². The molecule has 0 unspecified atom stereocenters. The van der Waals surface area contributed by atoms with Crippen LogP contribution in [0.4, 0.5) is 0 Å². The quantitative estimate of drug-likeness (QED) is 0.363. The van der Waals surface area contributed by atoms with Crippen molar-refractivity contribution in [2.75, 3.05) is 17.3 Å². The maximum Gasteiger partial charge on any atom is 0.311 e. The highest BCUT2D eigenvalue weighted by Gasteiger charge is 2.30. The normalized spacial score (nSPS) is 16.6. The lowest BCUT2D eigenvalue weighted by Crippen LogP contribution is -2.24. The Hall–Kier alpha value is -0.0700. The Bertz CT molecular complexity index is 414. The van der Waals surface area contributed by atoms with Crippen LogP contribution in [-0.4, -0.2) is 31.5 Å². The van der Waals surface area contributed by atoms with E-state index < -0.39 is 10.1 Å². The molecule has 0 aliphatic carbocycles. The molecule has 1 fully saturated rings. The minimum atomic E-state index is -3.38. The van der Waals surface area contributed by atoms with E-state index in [1.807, 2.05) is 0 Å². The molecule has 1 heterocycles. The van der Waals surface area contributed by atoms with Crippen LogP contribution in [0.3, 0.4) is 0 Å². The molecule has 0 spiro atoms. The fourth-order valence-electron chi connectivity index (χ4n) is 2.71.